The van der Waals surface area contributed by atoms with Crippen LogP contribution in [0, 0.1) is 11.8 Å². The Hall–Kier alpha value is -2.97. The van der Waals surface area contributed by atoms with E-state index in [2.05, 4.69) is 21.8 Å². The summed E-state index contributed by atoms with van der Waals surface area (Å²) in [6.07, 6.45) is 7.62. The van der Waals surface area contributed by atoms with Gasteiger partial charge in [-0.05, 0) is 18.2 Å². The number of hydrogen-bond donors (Lipinski definition) is 1. The molecule has 5 nitrogen and oxygen atoms in total. The normalized spacial score (nSPS) is 10.1. The van der Waals surface area contributed by atoms with Gasteiger partial charge in [-0.3, -0.25) is 14.3 Å². The molecule has 0 unspecified atom stereocenters. The number of hydrogen-bond acceptors (Lipinski definition) is 4. The second-order valence-electron chi connectivity index (χ2n) is 4.33. The van der Waals surface area contributed by atoms with Crippen molar-refractivity contribution < 1.29 is 9.90 Å². The Morgan fingerprint density at radius 1 is 1.33 bits per heavy atom. The van der Waals surface area contributed by atoms with Gasteiger partial charge in [0.05, 0.1) is 17.3 Å². The molecule has 3 aromatic rings. The van der Waals surface area contributed by atoms with Gasteiger partial charge >= 0.3 is 0 Å². The van der Waals surface area contributed by atoms with Gasteiger partial charge in [-0.2, -0.15) is 0 Å². The fraction of sp³-hybridized carbons (Fsp3) is 0.0625. The zero-order valence-electron chi connectivity index (χ0n) is 11.0. The van der Waals surface area contributed by atoms with Gasteiger partial charge in [0.1, 0.15) is 12.4 Å². The molecule has 0 saturated carbocycles. The molecule has 102 valence electrons. The number of aromatic nitrogens is 3. The van der Waals surface area contributed by atoms with E-state index in [0.717, 1.165) is 17.2 Å². The summed E-state index contributed by atoms with van der Waals surface area (Å²) < 4.78 is 1.86. The maximum Gasteiger partial charge on any atom is 0.151 e. The van der Waals surface area contributed by atoms with Crippen LogP contribution < -0.4 is 0 Å². The molecule has 3 heterocycles. The number of carbonyl (C=O) groups is 1. The second kappa shape index (κ2) is 5.57. The van der Waals surface area contributed by atoms with Crippen LogP contribution in [0.5, 0.6) is 0 Å². The quantitative estimate of drug-likeness (QED) is 0.570. The zero-order valence-corrected chi connectivity index (χ0v) is 11.0. The van der Waals surface area contributed by atoms with Crippen LogP contribution in [0.1, 0.15) is 15.9 Å². The number of aliphatic hydroxyl groups excluding tert-OH is 1. The summed E-state index contributed by atoms with van der Waals surface area (Å²) in [5, 5.41) is 9.77. The van der Waals surface area contributed by atoms with Crippen molar-refractivity contribution in [3.63, 3.8) is 0 Å². The highest BCUT2D eigenvalue weighted by atomic mass is 16.2. The van der Waals surface area contributed by atoms with E-state index in [4.69, 9.17) is 5.11 Å². The summed E-state index contributed by atoms with van der Waals surface area (Å²) in [5.74, 6) is 5.84. The smallest absolute Gasteiger partial charge is 0.151 e. The van der Waals surface area contributed by atoms with Crippen molar-refractivity contribution >= 4 is 17.2 Å². The van der Waals surface area contributed by atoms with E-state index in [1.165, 1.54) is 6.20 Å². The summed E-state index contributed by atoms with van der Waals surface area (Å²) in [6.45, 7) is -0.256. The highest BCUT2D eigenvalue weighted by molar-refractivity contribution is 5.82. The summed E-state index contributed by atoms with van der Waals surface area (Å²) in [7, 11) is 0. The summed E-state index contributed by atoms with van der Waals surface area (Å²) >= 11 is 0. The average molecular weight is 277 g/mol. The molecule has 0 bridgehead atoms. The largest absolute Gasteiger partial charge is 0.384 e. The Labute approximate surface area is 120 Å². The van der Waals surface area contributed by atoms with Crippen molar-refractivity contribution in [2.45, 2.75) is 0 Å². The minimum Gasteiger partial charge on any atom is -0.384 e. The first-order valence-electron chi connectivity index (χ1n) is 6.30. The van der Waals surface area contributed by atoms with Gasteiger partial charge in [-0.25, -0.2) is 4.98 Å². The van der Waals surface area contributed by atoms with E-state index in [1.54, 1.807) is 18.5 Å². The number of carbonyl (C=O) groups excluding carboxylic acids is 1. The van der Waals surface area contributed by atoms with Gasteiger partial charge in [0.15, 0.2) is 6.29 Å². The number of nitrogens with zero attached hydrogens (tertiary/aromatic N) is 3. The third-order valence-corrected chi connectivity index (χ3v) is 3.09. The van der Waals surface area contributed by atoms with E-state index < -0.39 is 0 Å². The Balaban J connectivity index is 2.13. The number of aliphatic hydroxyl groups is 1. The minimum atomic E-state index is -0.256. The van der Waals surface area contributed by atoms with Gasteiger partial charge in [0, 0.05) is 29.5 Å². The van der Waals surface area contributed by atoms with E-state index in [1.807, 2.05) is 22.9 Å². The first-order chi connectivity index (χ1) is 10.3. The number of fused-ring (bicyclic) bond motifs is 1. The van der Waals surface area contributed by atoms with Crippen LogP contribution in [0.15, 0.2) is 43.0 Å². The maximum absolute atomic E-state index is 11.2. The van der Waals surface area contributed by atoms with Crippen LogP contribution in [-0.2, 0) is 0 Å². The molecule has 3 aromatic heterocycles. The van der Waals surface area contributed by atoms with Gasteiger partial charge < -0.3 is 5.11 Å². The van der Waals surface area contributed by atoms with Gasteiger partial charge in [-0.1, -0.05) is 11.8 Å². The van der Waals surface area contributed by atoms with E-state index in [-0.39, 0.29) is 6.61 Å². The Bertz CT molecular complexity index is 872. The molecular formula is C16H11N3O2. The van der Waals surface area contributed by atoms with Crippen molar-refractivity contribution in [3.05, 3.63) is 54.1 Å². The fourth-order valence-electron chi connectivity index (χ4n) is 2.10. The molecule has 0 aliphatic rings. The molecule has 0 spiro atoms. The third kappa shape index (κ3) is 2.40. The second-order valence-corrected chi connectivity index (χ2v) is 4.33. The average Bonchev–Trinajstić information content (AvgIpc) is 2.97. The van der Waals surface area contributed by atoms with E-state index >= 15 is 0 Å². The van der Waals surface area contributed by atoms with Crippen molar-refractivity contribution in [3.8, 4) is 17.7 Å². The topological polar surface area (TPSA) is 68.0 Å². The molecule has 21 heavy (non-hydrogen) atoms. The highest BCUT2D eigenvalue weighted by Crippen LogP contribution is 2.19. The summed E-state index contributed by atoms with van der Waals surface area (Å²) in [4.78, 5) is 19.6. The maximum atomic E-state index is 11.2. The van der Waals surface area contributed by atoms with Crippen molar-refractivity contribution in [2.75, 3.05) is 6.61 Å². The van der Waals surface area contributed by atoms with E-state index in [9.17, 15) is 4.79 Å². The molecule has 0 fully saturated rings. The molecule has 0 aromatic carbocycles. The predicted octanol–water partition coefficient (Wildman–Crippen LogP) is 1.58. The Kier molecular flexibility index (Phi) is 3.46. The van der Waals surface area contributed by atoms with Crippen LogP contribution in [0.2, 0.25) is 0 Å². The molecule has 3 rings (SSSR count). The van der Waals surface area contributed by atoms with Crippen molar-refractivity contribution in [1.29, 1.82) is 0 Å². The van der Waals surface area contributed by atoms with Crippen molar-refractivity contribution in [2.24, 2.45) is 0 Å². The predicted molar refractivity (Wildman–Crippen MR) is 78.2 cm³/mol. The Morgan fingerprint density at radius 3 is 3.05 bits per heavy atom. The molecule has 1 N–H and O–H groups in total. The number of rotatable bonds is 2. The molecule has 0 saturated heterocycles. The van der Waals surface area contributed by atoms with Crippen LogP contribution in [-0.4, -0.2) is 32.5 Å². The minimum absolute atomic E-state index is 0.256. The SMILES string of the molecule is O=Cc1cc(-n2ccc3ccncc32)ncc1C#CCO. The van der Waals surface area contributed by atoms with E-state index in [0.29, 0.717) is 16.9 Å². The monoisotopic (exact) mass is 277 g/mol. The van der Waals surface area contributed by atoms with Gasteiger partial charge in [-0.15, -0.1) is 0 Å². The van der Waals surface area contributed by atoms with Gasteiger partial charge in [0.2, 0.25) is 0 Å². The van der Waals surface area contributed by atoms with Crippen LogP contribution >= 0.6 is 0 Å². The molecule has 0 radical (unpaired) electrons. The number of pyridine rings is 2. The Morgan fingerprint density at radius 2 is 2.24 bits per heavy atom. The summed E-state index contributed by atoms with van der Waals surface area (Å²) in [5.41, 5.74) is 1.85. The van der Waals surface area contributed by atoms with Gasteiger partial charge in [0.25, 0.3) is 0 Å². The summed E-state index contributed by atoms with van der Waals surface area (Å²) in [6, 6.07) is 5.53. The third-order valence-electron chi connectivity index (χ3n) is 3.09. The van der Waals surface area contributed by atoms with Crippen LogP contribution in [0.3, 0.4) is 0 Å². The fourth-order valence-corrected chi connectivity index (χ4v) is 2.10. The first kappa shape index (κ1) is 13.0. The highest BCUT2D eigenvalue weighted by Gasteiger charge is 2.07. The van der Waals surface area contributed by atoms with Crippen LogP contribution in [0.4, 0.5) is 0 Å². The lowest BCUT2D eigenvalue weighted by atomic mass is 10.1. The lowest BCUT2D eigenvalue weighted by Crippen LogP contribution is -1.99. The van der Waals surface area contributed by atoms with Crippen molar-refractivity contribution in [1.82, 2.24) is 14.5 Å². The molecule has 0 atom stereocenters. The van der Waals surface area contributed by atoms with Crippen LogP contribution in [0.25, 0.3) is 16.7 Å². The molecule has 0 aliphatic heterocycles. The molecule has 0 amide bonds. The number of aldehydes is 1. The lowest BCUT2D eigenvalue weighted by Gasteiger charge is -2.06. The standard InChI is InChI=1S/C16H11N3O2/c20-7-1-2-13-9-18-16(8-14(13)11-21)19-6-4-12-3-5-17-10-15(12)19/h3-6,8-11,20H,7H2. The lowest BCUT2D eigenvalue weighted by molar-refractivity contribution is 0.112. The first-order valence-corrected chi connectivity index (χ1v) is 6.30. The molecule has 0 aliphatic carbocycles. The molecule has 5 heteroatoms. The zero-order chi connectivity index (χ0) is 14.7. The molecular weight excluding hydrogens is 266 g/mol.